The lowest BCUT2D eigenvalue weighted by Crippen LogP contribution is -2.49. The quantitative estimate of drug-likeness (QED) is 0.0883. The normalized spacial score (nSPS) is 12.5. The van der Waals surface area contributed by atoms with Gasteiger partial charge in [-0.15, -0.1) is 0 Å². The summed E-state index contributed by atoms with van der Waals surface area (Å²) in [5.41, 5.74) is -2.32. The van der Waals surface area contributed by atoms with E-state index < -0.39 is 51.7 Å². The zero-order valence-corrected chi connectivity index (χ0v) is 32.7. The third-order valence-electron chi connectivity index (χ3n) is 6.14. The number of carbonyl (C=O) groups is 4. The number of hydrogen-bond acceptors (Lipinski definition) is 12. The van der Waals surface area contributed by atoms with Gasteiger partial charge < -0.3 is 34.9 Å². The molecule has 294 valence electrons. The first-order chi connectivity index (χ1) is 23.7. The van der Waals surface area contributed by atoms with E-state index in [2.05, 4.69) is 26.6 Å². The van der Waals surface area contributed by atoms with Crippen LogP contribution in [0.25, 0.3) is 0 Å². The highest BCUT2D eigenvalue weighted by Gasteiger charge is 2.24. The van der Waals surface area contributed by atoms with Gasteiger partial charge in [-0.05, 0) is 95.1 Å². The number of ether oxygens (including phenoxy) is 4. The Morgan fingerprint density at radius 3 is 1.44 bits per heavy atom. The fourth-order valence-corrected chi connectivity index (χ4v) is 4.29. The van der Waals surface area contributed by atoms with Crippen LogP contribution in [0.2, 0.25) is 0 Å². The van der Waals surface area contributed by atoms with Crippen molar-refractivity contribution in [1.29, 1.82) is 0 Å². The highest BCUT2D eigenvalue weighted by Crippen LogP contribution is 2.16. The molecule has 0 spiro atoms. The van der Waals surface area contributed by atoms with Crippen molar-refractivity contribution >= 4 is 30.1 Å². The molecule has 0 saturated heterocycles. The van der Waals surface area contributed by atoms with E-state index in [9.17, 15) is 29.3 Å². The fraction of sp³-hybridized carbons (Fsp3) is 0.657. The minimum atomic E-state index is -0.818. The number of benzene rings is 1. The van der Waals surface area contributed by atoms with E-state index >= 15 is 0 Å². The Morgan fingerprint density at radius 1 is 0.692 bits per heavy atom. The number of nitro benzene ring substituents is 1. The molecule has 1 aromatic rings. The predicted octanol–water partition coefficient (Wildman–Crippen LogP) is 5.30. The zero-order chi connectivity index (χ0) is 39.9. The zero-order valence-electron chi connectivity index (χ0n) is 32.7. The van der Waals surface area contributed by atoms with Gasteiger partial charge in [0.15, 0.2) is 0 Å². The summed E-state index contributed by atoms with van der Waals surface area (Å²) in [5, 5.41) is 25.0. The van der Waals surface area contributed by atoms with E-state index in [1.807, 2.05) is 4.90 Å². The van der Waals surface area contributed by atoms with Crippen LogP contribution in [0, 0.1) is 10.1 Å². The highest BCUT2D eigenvalue weighted by molar-refractivity contribution is 5.74. The number of alkyl carbamates (subject to hydrolysis) is 4. The summed E-state index contributed by atoms with van der Waals surface area (Å²) < 4.78 is 21.5. The summed E-state index contributed by atoms with van der Waals surface area (Å²) in [6.07, 6.45) is -1.08. The van der Waals surface area contributed by atoms with Crippen LogP contribution in [0.15, 0.2) is 36.3 Å². The third-order valence-corrected chi connectivity index (χ3v) is 6.14. The molecule has 1 atom stereocenters. The largest absolute Gasteiger partial charge is 0.444 e. The molecule has 0 aliphatic rings. The molecule has 1 unspecified atom stereocenters. The molecule has 17 nitrogen and oxygen atoms in total. The van der Waals surface area contributed by atoms with E-state index in [1.165, 1.54) is 18.3 Å². The van der Waals surface area contributed by atoms with Crippen LogP contribution in [-0.4, -0.2) is 95.4 Å². The Morgan fingerprint density at radius 2 is 1.08 bits per heavy atom. The lowest BCUT2D eigenvalue weighted by molar-refractivity contribution is -0.384. The van der Waals surface area contributed by atoms with Crippen LogP contribution in [0.4, 0.5) is 24.9 Å². The first-order valence-corrected chi connectivity index (χ1v) is 17.1. The minimum absolute atomic E-state index is 0.0534. The molecule has 1 rings (SSSR count). The Kier molecular flexibility index (Phi) is 17.1. The third kappa shape index (κ3) is 22.1. The molecule has 0 aromatic heterocycles. The van der Waals surface area contributed by atoms with Gasteiger partial charge in [-0.25, -0.2) is 19.2 Å². The molecule has 1 aromatic carbocycles. The molecule has 0 aliphatic carbocycles. The minimum Gasteiger partial charge on any atom is -0.444 e. The van der Waals surface area contributed by atoms with E-state index in [0.717, 1.165) is 5.56 Å². The van der Waals surface area contributed by atoms with Crippen molar-refractivity contribution in [2.45, 2.75) is 118 Å². The molecule has 5 N–H and O–H groups in total. The summed E-state index contributed by atoms with van der Waals surface area (Å²) in [6.45, 7) is 21.9. The number of rotatable bonds is 15. The van der Waals surface area contributed by atoms with Crippen molar-refractivity contribution < 1.29 is 43.0 Å². The van der Waals surface area contributed by atoms with Crippen LogP contribution in [-0.2, 0) is 25.4 Å². The first kappa shape index (κ1) is 45.2. The second-order valence-corrected chi connectivity index (χ2v) is 15.9. The Bertz CT molecular complexity index is 1310. The predicted molar refractivity (Wildman–Crippen MR) is 195 cm³/mol. The van der Waals surface area contributed by atoms with Gasteiger partial charge in [0.05, 0.1) is 4.92 Å². The maximum Gasteiger partial charge on any atom is 0.413 e. The number of carbonyl (C=O) groups excluding carboxylic acids is 4. The number of nitrogens with one attached hydrogen (secondary N) is 5. The van der Waals surface area contributed by atoms with Crippen LogP contribution in [0.5, 0.6) is 0 Å². The molecule has 4 amide bonds. The van der Waals surface area contributed by atoms with Gasteiger partial charge in [-0.1, -0.05) is 12.1 Å². The van der Waals surface area contributed by atoms with Crippen LogP contribution >= 0.6 is 0 Å². The van der Waals surface area contributed by atoms with E-state index in [-0.39, 0.29) is 37.2 Å². The Hall–Kier alpha value is -4.80. The standard InChI is InChI=1S/C35H59N7O10/c1-32(2,3)49-28(43)37-17-19-41(20-18-38-29(44)50-33(4,5)6)26(21-24-13-15-25(16-14-24)42(47)48)22-36-23-27(39-30(45)51-34(7,8)9)40-31(46)52-35(10,11)12/h13-16,23,26,36H,17-22H2,1-12H3,(H,37,43)(H,38,44)(H,39,45)(H,40,46). The van der Waals surface area contributed by atoms with Gasteiger partial charge in [-0.3, -0.25) is 25.6 Å². The molecule has 0 heterocycles. The summed E-state index contributed by atoms with van der Waals surface area (Å²) in [6, 6.07) is 5.74. The smallest absolute Gasteiger partial charge is 0.413 e. The van der Waals surface area contributed by atoms with Crippen LogP contribution in [0.3, 0.4) is 0 Å². The first-order valence-electron chi connectivity index (χ1n) is 17.1. The molecule has 52 heavy (non-hydrogen) atoms. The van der Waals surface area contributed by atoms with Crippen LogP contribution < -0.4 is 26.6 Å². The number of nitro groups is 1. The van der Waals surface area contributed by atoms with Crippen molar-refractivity contribution in [3.63, 3.8) is 0 Å². The SMILES string of the molecule is CC(C)(C)OC(=O)NCCN(CCNC(=O)OC(C)(C)C)C(CNC=C(NC(=O)OC(C)(C)C)NC(=O)OC(C)(C)C)Cc1ccc([N+](=O)[O-])cc1. The Balaban J connectivity index is 3.42. The molecule has 0 fully saturated rings. The monoisotopic (exact) mass is 737 g/mol. The summed E-state index contributed by atoms with van der Waals surface area (Å²) in [4.78, 5) is 62.9. The van der Waals surface area contributed by atoms with Crippen molar-refractivity contribution in [1.82, 2.24) is 31.5 Å². The van der Waals surface area contributed by atoms with Gasteiger partial charge in [0.1, 0.15) is 28.2 Å². The lowest BCUT2D eigenvalue weighted by atomic mass is 10.0. The molecular weight excluding hydrogens is 678 g/mol. The van der Waals surface area contributed by atoms with Crippen molar-refractivity contribution in [2.75, 3.05) is 32.7 Å². The summed E-state index contributed by atoms with van der Waals surface area (Å²) in [5.74, 6) is -0.0534. The molecule has 0 aliphatic heterocycles. The highest BCUT2D eigenvalue weighted by atomic mass is 16.6. The average molecular weight is 738 g/mol. The van der Waals surface area contributed by atoms with E-state index in [0.29, 0.717) is 19.5 Å². The second kappa shape index (κ2) is 19.7. The summed E-state index contributed by atoms with van der Waals surface area (Å²) in [7, 11) is 0. The number of hydrogen-bond donors (Lipinski definition) is 5. The molecule has 17 heteroatoms. The fourth-order valence-electron chi connectivity index (χ4n) is 4.29. The molecule has 0 radical (unpaired) electrons. The maximum absolute atomic E-state index is 12.6. The van der Waals surface area contributed by atoms with Crippen molar-refractivity contribution in [2.24, 2.45) is 0 Å². The van der Waals surface area contributed by atoms with E-state index in [1.54, 1.807) is 95.2 Å². The van der Waals surface area contributed by atoms with Crippen LogP contribution in [0.1, 0.15) is 88.6 Å². The summed E-state index contributed by atoms with van der Waals surface area (Å²) >= 11 is 0. The topological polar surface area (TPSA) is 212 Å². The van der Waals surface area contributed by atoms with Gasteiger partial charge in [0.2, 0.25) is 0 Å². The van der Waals surface area contributed by atoms with Crippen molar-refractivity contribution in [3.05, 3.63) is 52.0 Å². The number of amides is 4. The van der Waals surface area contributed by atoms with Gasteiger partial charge in [0, 0.05) is 57.1 Å². The van der Waals surface area contributed by atoms with E-state index in [4.69, 9.17) is 18.9 Å². The number of nitrogens with zero attached hydrogens (tertiary/aromatic N) is 2. The molecule has 0 saturated carbocycles. The van der Waals surface area contributed by atoms with Gasteiger partial charge in [0.25, 0.3) is 5.69 Å². The second-order valence-electron chi connectivity index (χ2n) is 15.9. The van der Waals surface area contributed by atoms with Gasteiger partial charge in [-0.2, -0.15) is 0 Å². The lowest BCUT2D eigenvalue weighted by Gasteiger charge is -2.32. The average Bonchev–Trinajstić information content (AvgIpc) is 2.92. The molecule has 0 bridgehead atoms. The van der Waals surface area contributed by atoms with Gasteiger partial charge >= 0.3 is 24.4 Å². The molecular formula is C35H59N7O10. The van der Waals surface area contributed by atoms with Crippen molar-refractivity contribution in [3.8, 4) is 0 Å². The number of non-ortho nitro benzene ring substituents is 1. The Labute approximate surface area is 307 Å². The maximum atomic E-state index is 12.6.